The Balaban J connectivity index is 1.38. The van der Waals surface area contributed by atoms with Crippen LogP contribution in [0.1, 0.15) is 6.42 Å². The molecule has 0 aliphatic carbocycles. The minimum Gasteiger partial charge on any atom is -0.380 e. The van der Waals surface area contributed by atoms with Crippen molar-refractivity contribution >= 4 is 17.3 Å². The Bertz CT molecular complexity index is 1030. The first-order chi connectivity index (χ1) is 14.2. The van der Waals surface area contributed by atoms with Gasteiger partial charge < -0.3 is 19.7 Å². The molecular weight excluding hydrogens is 379 g/mol. The Morgan fingerprint density at radius 1 is 1.28 bits per heavy atom. The van der Waals surface area contributed by atoms with Gasteiger partial charge in [-0.2, -0.15) is 14.6 Å². The number of aromatic amines is 1. The highest BCUT2D eigenvalue weighted by Crippen LogP contribution is 2.44. The lowest BCUT2D eigenvalue weighted by Crippen LogP contribution is -2.66. The second-order valence-corrected chi connectivity index (χ2v) is 8.11. The molecule has 3 saturated heterocycles. The number of fused-ring (bicyclic) bond motifs is 1. The molecule has 1 spiro atoms. The van der Waals surface area contributed by atoms with Crippen LogP contribution in [0.2, 0.25) is 0 Å². The summed E-state index contributed by atoms with van der Waals surface area (Å²) in [5, 5.41) is 14.5. The summed E-state index contributed by atoms with van der Waals surface area (Å²) in [6, 6.07) is -0.356. The molecule has 3 aliphatic rings. The lowest BCUT2D eigenvalue weighted by Gasteiger charge is -2.56. The fourth-order valence-electron chi connectivity index (χ4n) is 4.32. The highest BCUT2D eigenvalue weighted by atomic mass is 19.1. The molecule has 0 aromatic carbocycles. The molecule has 11 heteroatoms. The zero-order valence-electron chi connectivity index (χ0n) is 15.7. The summed E-state index contributed by atoms with van der Waals surface area (Å²) in [5.74, 6) is 0.397. The Hall–Kier alpha value is -2.79. The minimum absolute atomic E-state index is 0.0976. The van der Waals surface area contributed by atoms with Crippen molar-refractivity contribution in [2.75, 3.05) is 49.7 Å². The molecule has 3 aliphatic heterocycles. The van der Waals surface area contributed by atoms with Gasteiger partial charge in [0.05, 0.1) is 37.5 Å². The van der Waals surface area contributed by atoms with Crippen molar-refractivity contribution in [1.82, 2.24) is 29.8 Å². The quantitative estimate of drug-likeness (QED) is 0.665. The van der Waals surface area contributed by atoms with E-state index in [1.165, 1.54) is 0 Å². The summed E-state index contributed by atoms with van der Waals surface area (Å²) in [5.41, 5.74) is 3.53. The monoisotopic (exact) mass is 400 g/mol. The first-order valence-electron chi connectivity index (χ1n) is 9.76. The van der Waals surface area contributed by atoms with Crippen molar-refractivity contribution in [2.45, 2.75) is 18.6 Å². The lowest BCUT2D eigenvalue weighted by molar-refractivity contribution is -0.126. The Morgan fingerprint density at radius 3 is 2.90 bits per heavy atom. The standard InChI is InChI=1S/C18H21FN8O2/c19-12-5-28-2-1-13(12)23-17-24-16-15(26-6-18(7-26)8-29-9-18)14(11-3-21-22-4-11)20-10-27(16)25-17/h3-4,10,12-13H,1-2,5-9H2,(H,21,22)(H,23,25). The van der Waals surface area contributed by atoms with Crippen molar-refractivity contribution in [3.8, 4) is 11.3 Å². The number of nitrogens with zero attached hydrogens (tertiary/aromatic N) is 6. The van der Waals surface area contributed by atoms with Crippen molar-refractivity contribution in [1.29, 1.82) is 0 Å². The van der Waals surface area contributed by atoms with Gasteiger partial charge in [-0.25, -0.2) is 9.37 Å². The summed E-state index contributed by atoms with van der Waals surface area (Å²) in [6.07, 6.45) is 4.70. The van der Waals surface area contributed by atoms with Crippen LogP contribution < -0.4 is 10.2 Å². The molecule has 3 fully saturated rings. The maximum atomic E-state index is 14.1. The first kappa shape index (κ1) is 17.1. The van der Waals surface area contributed by atoms with E-state index in [-0.39, 0.29) is 18.1 Å². The molecule has 3 aromatic heterocycles. The second kappa shape index (κ2) is 6.36. The maximum Gasteiger partial charge on any atom is 0.243 e. The summed E-state index contributed by atoms with van der Waals surface area (Å²) >= 11 is 0. The van der Waals surface area contributed by atoms with Gasteiger partial charge in [0.25, 0.3) is 0 Å². The summed E-state index contributed by atoms with van der Waals surface area (Å²) < 4.78 is 26.4. The van der Waals surface area contributed by atoms with Crippen LogP contribution in [0, 0.1) is 5.41 Å². The first-order valence-corrected chi connectivity index (χ1v) is 9.76. The summed E-state index contributed by atoms with van der Waals surface area (Å²) in [6.45, 7) is 3.99. The lowest BCUT2D eigenvalue weighted by atomic mass is 9.77. The molecule has 0 radical (unpaired) electrons. The van der Waals surface area contributed by atoms with Crippen LogP contribution in [0.15, 0.2) is 18.7 Å². The van der Waals surface area contributed by atoms with Gasteiger partial charge in [0.1, 0.15) is 23.9 Å². The molecule has 3 aromatic rings. The van der Waals surface area contributed by atoms with Gasteiger partial charge in [-0.15, -0.1) is 5.10 Å². The van der Waals surface area contributed by atoms with Gasteiger partial charge in [0.15, 0.2) is 5.65 Å². The van der Waals surface area contributed by atoms with E-state index >= 15 is 0 Å². The van der Waals surface area contributed by atoms with E-state index in [1.807, 2.05) is 6.20 Å². The average Bonchev–Trinajstić information content (AvgIpc) is 3.30. The number of aromatic nitrogens is 6. The van der Waals surface area contributed by atoms with Crippen LogP contribution in [0.5, 0.6) is 0 Å². The topological polar surface area (TPSA) is 105 Å². The van der Waals surface area contributed by atoms with Crippen LogP contribution >= 0.6 is 0 Å². The highest BCUT2D eigenvalue weighted by molar-refractivity contribution is 5.85. The van der Waals surface area contributed by atoms with E-state index in [9.17, 15) is 4.39 Å². The van der Waals surface area contributed by atoms with Crippen molar-refractivity contribution in [2.24, 2.45) is 5.41 Å². The number of rotatable bonds is 4. The molecule has 29 heavy (non-hydrogen) atoms. The van der Waals surface area contributed by atoms with Crippen LogP contribution in [0.4, 0.5) is 16.0 Å². The molecule has 10 nitrogen and oxygen atoms in total. The van der Waals surface area contributed by atoms with E-state index in [2.05, 4.69) is 30.5 Å². The zero-order valence-corrected chi connectivity index (χ0v) is 15.7. The number of alkyl halides is 1. The van der Waals surface area contributed by atoms with Crippen LogP contribution in [-0.4, -0.2) is 81.5 Å². The zero-order chi connectivity index (χ0) is 19.4. The van der Waals surface area contributed by atoms with E-state index in [0.717, 1.165) is 43.2 Å². The van der Waals surface area contributed by atoms with Gasteiger partial charge in [-0.05, 0) is 6.42 Å². The third-order valence-corrected chi connectivity index (χ3v) is 5.92. The molecule has 0 amide bonds. The van der Waals surface area contributed by atoms with E-state index in [4.69, 9.17) is 14.5 Å². The number of nitrogens with one attached hydrogen (secondary N) is 2. The molecular formula is C18H21FN8O2. The fourth-order valence-corrected chi connectivity index (χ4v) is 4.32. The van der Waals surface area contributed by atoms with E-state index in [0.29, 0.717) is 24.6 Å². The summed E-state index contributed by atoms with van der Waals surface area (Å²) in [7, 11) is 0. The van der Waals surface area contributed by atoms with E-state index < -0.39 is 6.17 Å². The molecule has 2 atom stereocenters. The van der Waals surface area contributed by atoms with Crippen LogP contribution in [-0.2, 0) is 9.47 Å². The van der Waals surface area contributed by atoms with Gasteiger partial charge in [0, 0.05) is 31.5 Å². The number of H-pyrrole nitrogens is 1. The number of anilines is 2. The van der Waals surface area contributed by atoms with Crippen molar-refractivity contribution in [3.63, 3.8) is 0 Å². The predicted molar refractivity (Wildman–Crippen MR) is 102 cm³/mol. The number of halogens is 1. The smallest absolute Gasteiger partial charge is 0.243 e. The number of ether oxygens (including phenoxy) is 2. The molecule has 6 heterocycles. The van der Waals surface area contributed by atoms with Crippen LogP contribution in [0.25, 0.3) is 16.9 Å². The largest absolute Gasteiger partial charge is 0.380 e. The third kappa shape index (κ3) is 2.76. The number of hydrogen-bond donors (Lipinski definition) is 2. The Morgan fingerprint density at radius 2 is 2.17 bits per heavy atom. The van der Waals surface area contributed by atoms with E-state index in [1.54, 1.807) is 17.0 Å². The SMILES string of the molecule is FC1COCCC1Nc1nc2c(N3CC4(COC4)C3)c(-c3cn[nH]c3)ncn2n1. The van der Waals surface area contributed by atoms with Crippen LogP contribution in [0.3, 0.4) is 0 Å². The average molecular weight is 400 g/mol. The van der Waals surface area contributed by atoms with Gasteiger partial charge >= 0.3 is 0 Å². The molecule has 0 bridgehead atoms. The molecule has 6 rings (SSSR count). The minimum atomic E-state index is -1.08. The fraction of sp³-hybridized carbons (Fsp3) is 0.556. The van der Waals surface area contributed by atoms with Crippen molar-refractivity contribution in [3.05, 3.63) is 18.7 Å². The summed E-state index contributed by atoms with van der Waals surface area (Å²) in [4.78, 5) is 11.6. The maximum absolute atomic E-state index is 14.1. The number of hydrogen-bond acceptors (Lipinski definition) is 8. The second-order valence-electron chi connectivity index (χ2n) is 8.11. The highest BCUT2D eigenvalue weighted by Gasteiger charge is 2.50. The molecule has 152 valence electrons. The predicted octanol–water partition coefficient (Wildman–Crippen LogP) is 0.890. The van der Waals surface area contributed by atoms with Crippen molar-refractivity contribution < 1.29 is 13.9 Å². The van der Waals surface area contributed by atoms with Gasteiger partial charge in [-0.3, -0.25) is 5.10 Å². The molecule has 2 N–H and O–H groups in total. The van der Waals surface area contributed by atoms with Gasteiger partial charge in [0.2, 0.25) is 5.95 Å². The van der Waals surface area contributed by atoms with Gasteiger partial charge in [-0.1, -0.05) is 0 Å². The normalized spacial score (nSPS) is 25.8. The Labute approximate surface area is 165 Å². The molecule has 2 unspecified atom stereocenters. The third-order valence-electron chi connectivity index (χ3n) is 5.92. The Kier molecular flexibility index (Phi) is 3.75. The molecule has 0 saturated carbocycles.